The summed E-state index contributed by atoms with van der Waals surface area (Å²) in [4.78, 5) is 13.7. The molecule has 0 heterocycles. The Kier molecular flexibility index (Phi) is 5.81. The number of carbonyl (C=O) groups excluding carboxylic acids is 1. The highest BCUT2D eigenvalue weighted by Crippen LogP contribution is 2.29. The maximum absolute atomic E-state index is 12.5. The van der Waals surface area contributed by atoms with Crippen molar-refractivity contribution < 1.29 is 18.0 Å². The molecule has 6 heteroatoms. The van der Waals surface area contributed by atoms with Gasteiger partial charge in [-0.1, -0.05) is 24.3 Å². The Morgan fingerprint density at radius 2 is 1.60 bits per heavy atom. The molecule has 1 amide bonds. The molecule has 0 saturated carbocycles. The highest BCUT2D eigenvalue weighted by molar-refractivity contribution is 5.76. The van der Waals surface area contributed by atoms with E-state index in [1.165, 1.54) is 17.0 Å². The van der Waals surface area contributed by atoms with Crippen molar-refractivity contribution >= 4 is 5.91 Å². The number of nitriles is 1. The first-order valence-corrected chi connectivity index (χ1v) is 7.69. The van der Waals surface area contributed by atoms with Gasteiger partial charge >= 0.3 is 6.18 Å². The van der Waals surface area contributed by atoms with E-state index in [-0.39, 0.29) is 12.5 Å². The van der Waals surface area contributed by atoms with Gasteiger partial charge < -0.3 is 4.90 Å². The fourth-order valence-electron chi connectivity index (χ4n) is 2.35. The molecule has 0 spiro atoms. The van der Waals surface area contributed by atoms with Gasteiger partial charge in [0.1, 0.15) is 0 Å². The van der Waals surface area contributed by atoms with Gasteiger partial charge in [0, 0.05) is 20.0 Å². The summed E-state index contributed by atoms with van der Waals surface area (Å²) in [7, 11) is 1.62. The third-order valence-corrected chi connectivity index (χ3v) is 3.84. The van der Waals surface area contributed by atoms with Crippen LogP contribution in [0.3, 0.4) is 0 Å². The number of benzene rings is 2. The predicted molar refractivity (Wildman–Crippen MR) is 87.4 cm³/mol. The van der Waals surface area contributed by atoms with Gasteiger partial charge in [0.2, 0.25) is 5.91 Å². The molecule has 0 aliphatic heterocycles. The molecule has 2 rings (SSSR count). The standard InChI is InChI=1S/C19H17F3N2O/c1-24(13-16-6-9-17(10-7-16)19(20,21)22)18(25)11-8-14-2-4-15(12-23)5-3-14/h2-7,9-10H,8,11,13H2,1H3. The van der Waals surface area contributed by atoms with Gasteiger partial charge in [-0.2, -0.15) is 18.4 Å². The monoisotopic (exact) mass is 346 g/mol. The van der Waals surface area contributed by atoms with Crippen LogP contribution < -0.4 is 0 Å². The lowest BCUT2D eigenvalue weighted by molar-refractivity contribution is -0.137. The van der Waals surface area contributed by atoms with E-state index in [2.05, 4.69) is 0 Å². The summed E-state index contributed by atoms with van der Waals surface area (Å²) in [5, 5.41) is 8.75. The molecule has 0 fully saturated rings. The second-order valence-corrected chi connectivity index (χ2v) is 5.75. The number of hydrogen-bond acceptors (Lipinski definition) is 2. The van der Waals surface area contributed by atoms with Gasteiger partial charge in [0.15, 0.2) is 0 Å². The lowest BCUT2D eigenvalue weighted by Gasteiger charge is -2.18. The Hall–Kier alpha value is -2.81. The van der Waals surface area contributed by atoms with Crippen molar-refractivity contribution in [1.82, 2.24) is 4.90 Å². The molecule has 0 radical (unpaired) electrons. The summed E-state index contributed by atoms with van der Waals surface area (Å²) < 4.78 is 37.6. The molecular formula is C19H17F3N2O. The van der Waals surface area contributed by atoms with Gasteiger partial charge in [0.05, 0.1) is 17.2 Å². The largest absolute Gasteiger partial charge is 0.416 e. The van der Waals surface area contributed by atoms with Crippen molar-refractivity contribution in [2.45, 2.75) is 25.6 Å². The van der Waals surface area contributed by atoms with Crippen molar-refractivity contribution in [3.8, 4) is 6.07 Å². The molecule has 0 N–H and O–H groups in total. The number of hydrogen-bond donors (Lipinski definition) is 0. The van der Waals surface area contributed by atoms with Crippen LogP contribution in [0, 0.1) is 11.3 Å². The molecule has 0 unspecified atom stereocenters. The summed E-state index contributed by atoms with van der Waals surface area (Å²) >= 11 is 0. The minimum Gasteiger partial charge on any atom is -0.341 e. The predicted octanol–water partition coefficient (Wildman–Crippen LogP) is 4.17. The second kappa shape index (κ2) is 7.84. The quantitative estimate of drug-likeness (QED) is 0.816. The van der Waals surface area contributed by atoms with Gasteiger partial charge in [0.25, 0.3) is 0 Å². The van der Waals surface area contributed by atoms with Gasteiger partial charge in [-0.3, -0.25) is 4.79 Å². The van der Waals surface area contributed by atoms with Crippen molar-refractivity contribution in [1.29, 1.82) is 5.26 Å². The molecule has 3 nitrogen and oxygen atoms in total. The summed E-state index contributed by atoms with van der Waals surface area (Å²) in [6.07, 6.45) is -3.52. The van der Waals surface area contributed by atoms with Crippen LogP contribution in [0.1, 0.15) is 28.7 Å². The molecule has 0 aliphatic carbocycles. The third kappa shape index (κ3) is 5.35. The first-order valence-electron chi connectivity index (χ1n) is 7.69. The maximum atomic E-state index is 12.5. The van der Waals surface area contributed by atoms with Crippen molar-refractivity contribution in [2.24, 2.45) is 0 Å². The topological polar surface area (TPSA) is 44.1 Å². The SMILES string of the molecule is CN(Cc1ccc(C(F)(F)F)cc1)C(=O)CCc1ccc(C#N)cc1. The smallest absolute Gasteiger partial charge is 0.341 e. The number of halogens is 3. The Morgan fingerprint density at radius 3 is 2.12 bits per heavy atom. The third-order valence-electron chi connectivity index (χ3n) is 3.84. The van der Waals surface area contributed by atoms with Crippen LogP contribution in [0.4, 0.5) is 13.2 Å². The first-order chi connectivity index (χ1) is 11.8. The number of rotatable bonds is 5. The average Bonchev–Trinajstić information content (AvgIpc) is 2.59. The minimum atomic E-state index is -4.36. The lowest BCUT2D eigenvalue weighted by Crippen LogP contribution is -2.26. The van der Waals surface area contributed by atoms with Crippen LogP contribution in [0.15, 0.2) is 48.5 Å². The van der Waals surface area contributed by atoms with Crippen LogP contribution in [0.5, 0.6) is 0 Å². The zero-order valence-corrected chi connectivity index (χ0v) is 13.7. The van der Waals surface area contributed by atoms with Crippen molar-refractivity contribution in [3.05, 3.63) is 70.8 Å². The van der Waals surface area contributed by atoms with Crippen molar-refractivity contribution in [2.75, 3.05) is 7.05 Å². The molecule has 0 bridgehead atoms. The summed E-state index contributed by atoms with van der Waals surface area (Å²) in [5.74, 6) is -0.0933. The number of carbonyl (C=O) groups is 1. The molecule has 2 aromatic rings. The summed E-state index contributed by atoms with van der Waals surface area (Å²) in [6, 6.07) is 13.8. The van der Waals surface area contributed by atoms with Crippen LogP contribution in [-0.4, -0.2) is 17.9 Å². The average molecular weight is 346 g/mol. The maximum Gasteiger partial charge on any atom is 0.416 e. The van der Waals surface area contributed by atoms with Gasteiger partial charge in [-0.15, -0.1) is 0 Å². The van der Waals surface area contributed by atoms with E-state index in [1.807, 2.05) is 18.2 Å². The van der Waals surface area contributed by atoms with E-state index in [1.54, 1.807) is 19.2 Å². The van der Waals surface area contributed by atoms with Gasteiger partial charge in [-0.25, -0.2) is 0 Å². The first kappa shape index (κ1) is 18.5. The van der Waals surface area contributed by atoms with E-state index in [0.717, 1.165) is 17.7 Å². The zero-order chi connectivity index (χ0) is 18.4. The molecular weight excluding hydrogens is 329 g/mol. The summed E-state index contributed by atoms with van der Waals surface area (Å²) in [5.41, 5.74) is 1.46. The molecule has 0 aromatic heterocycles. The van der Waals surface area contributed by atoms with Gasteiger partial charge in [-0.05, 0) is 41.8 Å². The minimum absolute atomic E-state index is 0.0933. The fourth-order valence-corrected chi connectivity index (χ4v) is 2.35. The molecule has 0 aliphatic rings. The molecule has 0 atom stereocenters. The number of aryl methyl sites for hydroxylation is 1. The van der Waals surface area contributed by atoms with E-state index in [4.69, 9.17) is 5.26 Å². The fraction of sp³-hybridized carbons (Fsp3) is 0.263. The Morgan fingerprint density at radius 1 is 1.04 bits per heavy atom. The van der Waals surface area contributed by atoms with E-state index in [0.29, 0.717) is 24.0 Å². The van der Waals surface area contributed by atoms with E-state index < -0.39 is 11.7 Å². The Bertz CT molecular complexity index is 759. The van der Waals surface area contributed by atoms with Crippen LogP contribution in [-0.2, 0) is 23.9 Å². The number of nitrogens with zero attached hydrogens (tertiary/aromatic N) is 2. The second-order valence-electron chi connectivity index (χ2n) is 5.75. The summed E-state index contributed by atoms with van der Waals surface area (Å²) in [6.45, 7) is 0.254. The molecule has 25 heavy (non-hydrogen) atoms. The Labute approximate surface area is 144 Å². The normalized spacial score (nSPS) is 11.0. The highest BCUT2D eigenvalue weighted by atomic mass is 19.4. The number of alkyl halides is 3. The van der Waals surface area contributed by atoms with Crippen LogP contribution in [0.2, 0.25) is 0 Å². The van der Waals surface area contributed by atoms with Crippen LogP contribution in [0.25, 0.3) is 0 Å². The zero-order valence-electron chi connectivity index (χ0n) is 13.7. The molecule has 2 aromatic carbocycles. The Balaban J connectivity index is 1.88. The van der Waals surface area contributed by atoms with E-state index >= 15 is 0 Å². The molecule has 0 saturated heterocycles. The highest BCUT2D eigenvalue weighted by Gasteiger charge is 2.29. The van der Waals surface area contributed by atoms with E-state index in [9.17, 15) is 18.0 Å². The van der Waals surface area contributed by atoms with Crippen LogP contribution >= 0.6 is 0 Å². The van der Waals surface area contributed by atoms with Crippen molar-refractivity contribution in [3.63, 3.8) is 0 Å². The molecule has 130 valence electrons. The lowest BCUT2D eigenvalue weighted by atomic mass is 10.1. The number of amides is 1.